The average Bonchev–Trinajstić information content (AvgIpc) is 2.63. The highest BCUT2D eigenvalue weighted by Crippen LogP contribution is 2.47. The number of unbranched alkanes of at least 4 members (excludes halogenated alkanes) is 2. The third kappa shape index (κ3) is 5.65. The zero-order valence-electron chi connectivity index (χ0n) is 16.2. The Bertz CT molecular complexity index is 400. The lowest BCUT2D eigenvalue weighted by Gasteiger charge is -2.40. The molecular weight excluding hydrogens is 290 g/mol. The topological polar surface area (TPSA) is 23.8 Å². The van der Waals surface area contributed by atoms with Gasteiger partial charge in [-0.25, -0.2) is 0 Å². The van der Waals surface area contributed by atoms with Gasteiger partial charge in [-0.3, -0.25) is 0 Å². The lowest BCUT2D eigenvalue weighted by Crippen LogP contribution is -2.30. The summed E-state index contributed by atoms with van der Waals surface area (Å²) in [4.78, 5) is 0. The first kappa shape index (κ1) is 19.6. The molecule has 2 aliphatic rings. The van der Waals surface area contributed by atoms with Gasteiger partial charge in [0.15, 0.2) is 0 Å². The molecule has 2 rings (SSSR count). The van der Waals surface area contributed by atoms with Crippen molar-refractivity contribution in [3.8, 4) is 6.07 Å². The van der Waals surface area contributed by atoms with E-state index in [1.807, 2.05) is 0 Å². The van der Waals surface area contributed by atoms with E-state index in [1.165, 1.54) is 64.2 Å². The maximum Gasteiger partial charge on any atom is 0.0693 e. The van der Waals surface area contributed by atoms with Gasteiger partial charge in [0.1, 0.15) is 0 Å². The van der Waals surface area contributed by atoms with Gasteiger partial charge in [0, 0.05) is 0 Å². The maximum absolute atomic E-state index is 9.69. The molecule has 0 atom stereocenters. The van der Waals surface area contributed by atoms with Crippen molar-refractivity contribution in [3.63, 3.8) is 0 Å². The van der Waals surface area contributed by atoms with Crippen LogP contribution in [0.5, 0.6) is 0 Å². The fourth-order valence-electron chi connectivity index (χ4n) is 5.13. The molecule has 2 aliphatic carbocycles. The third-order valence-electron chi connectivity index (χ3n) is 6.91. The minimum Gasteiger partial charge on any atom is -0.198 e. The molecule has 0 aromatic carbocycles. The molecule has 2 fully saturated rings. The molecule has 1 heteroatoms. The molecule has 24 heavy (non-hydrogen) atoms. The summed E-state index contributed by atoms with van der Waals surface area (Å²) in [6.45, 7) is 4.48. The van der Waals surface area contributed by atoms with E-state index >= 15 is 0 Å². The van der Waals surface area contributed by atoms with Gasteiger partial charge in [-0.05, 0) is 69.1 Å². The van der Waals surface area contributed by atoms with E-state index < -0.39 is 0 Å². The summed E-state index contributed by atoms with van der Waals surface area (Å²) in [5, 5.41) is 9.69. The molecular formula is C23H39N. The number of nitriles is 1. The van der Waals surface area contributed by atoms with Crippen molar-refractivity contribution in [3.05, 3.63) is 12.2 Å². The summed E-state index contributed by atoms with van der Waals surface area (Å²) >= 11 is 0. The lowest BCUT2D eigenvalue weighted by molar-refractivity contribution is 0.121. The number of allylic oxidation sites excluding steroid dienone is 2. The van der Waals surface area contributed by atoms with Gasteiger partial charge in [0.05, 0.1) is 11.5 Å². The predicted octanol–water partition coefficient (Wildman–Crippen LogP) is 7.43. The second-order valence-electron chi connectivity index (χ2n) is 8.59. The summed E-state index contributed by atoms with van der Waals surface area (Å²) in [6, 6.07) is 2.68. The van der Waals surface area contributed by atoms with E-state index in [2.05, 4.69) is 32.1 Å². The molecule has 0 heterocycles. The zero-order valence-corrected chi connectivity index (χ0v) is 16.2. The van der Waals surface area contributed by atoms with Gasteiger partial charge < -0.3 is 0 Å². The molecule has 0 bridgehead atoms. The Kier molecular flexibility index (Phi) is 8.37. The van der Waals surface area contributed by atoms with E-state index in [0.717, 1.165) is 43.4 Å². The van der Waals surface area contributed by atoms with Crippen molar-refractivity contribution in [2.75, 3.05) is 0 Å². The van der Waals surface area contributed by atoms with Crippen molar-refractivity contribution in [1.82, 2.24) is 0 Å². The number of hydrogen-bond acceptors (Lipinski definition) is 1. The second-order valence-corrected chi connectivity index (χ2v) is 8.59. The molecule has 0 radical (unpaired) electrons. The SMILES string of the molecule is CC/C=C/C[C@]1(C#N)CC[C@@H](C2CCC(CCCCC)CC2)CC1. The van der Waals surface area contributed by atoms with Crippen LogP contribution in [0.4, 0.5) is 0 Å². The highest BCUT2D eigenvalue weighted by atomic mass is 14.4. The minimum absolute atomic E-state index is 0.0421. The molecule has 2 saturated carbocycles. The van der Waals surface area contributed by atoms with E-state index in [-0.39, 0.29) is 5.41 Å². The first-order valence-corrected chi connectivity index (χ1v) is 10.8. The van der Waals surface area contributed by atoms with Gasteiger partial charge in [0.25, 0.3) is 0 Å². The summed E-state index contributed by atoms with van der Waals surface area (Å²) in [5.74, 6) is 2.90. The maximum atomic E-state index is 9.69. The van der Waals surface area contributed by atoms with Crippen LogP contribution in [-0.4, -0.2) is 0 Å². The molecule has 0 amide bonds. The fraction of sp³-hybridized carbons (Fsp3) is 0.870. The van der Waals surface area contributed by atoms with Gasteiger partial charge in [0.2, 0.25) is 0 Å². The number of rotatable bonds is 8. The molecule has 136 valence electrons. The highest BCUT2D eigenvalue weighted by Gasteiger charge is 2.37. The molecule has 0 saturated heterocycles. The molecule has 0 N–H and O–H groups in total. The third-order valence-corrected chi connectivity index (χ3v) is 6.91. The van der Waals surface area contributed by atoms with E-state index in [9.17, 15) is 5.26 Å². The molecule has 0 unspecified atom stereocenters. The summed E-state index contributed by atoms with van der Waals surface area (Å²) in [5.41, 5.74) is -0.0421. The van der Waals surface area contributed by atoms with Crippen LogP contribution >= 0.6 is 0 Å². The molecule has 0 aromatic heterocycles. The smallest absolute Gasteiger partial charge is 0.0693 e. The van der Waals surface area contributed by atoms with Gasteiger partial charge in [-0.15, -0.1) is 0 Å². The van der Waals surface area contributed by atoms with Crippen LogP contribution in [0.1, 0.15) is 104 Å². The van der Waals surface area contributed by atoms with Gasteiger partial charge >= 0.3 is 0 Å². The van der Waals surface area contributed by atoms with Gasteiger partial charge in [-0.1, -0.05) is 64.5 Å². The van der Waals surface area contributed by atoms with Crippen LogP contribution in [0.2, 0.25) is 0 Å². The first-order valence-electron chi connectivity index (χ1n) is 10.8. The standard InChI is InChI=1S/C23H39N/c1-3-5-7-9-20-10-12-21(13-11-20)22-14-17-23(19-24,18-15-22)16-8-6-4-2/h6,8,20-22H,3-5,7,9-18H2,1-2H3/b8-6+/t20?,21?,22-,23+. The monoisotopic (exact) mass is 329 g/mol. The Morgan fingerprint density at radius 1 is 0.917 bits per heavy atom. The summed E-state index contributed by atoms with van der Waals surface area (Å²) in [7, 11) is 0. The minimum atomic E-state index is -0.0421. The number of nitrogens with zero attached hydrogens (tertiary/aromatic N) is 1. The fourth-order valence-corrected chi connectivity index (χ4v) is 5.13. The average molecular weight is 330 g/mol. The van der Waals surface area contributed by atoms with E-state index in [4.69, 9.17) is 0 Å². The zero-order chi connectivity index (χ0) is 17.3. The van der Waals surface area contributed by atoms with Crippen LogP contribution in [0.15, 0.2) is 12.2 Å². The summed E-state index contributed by atoms with van der Waals surface area (Å²) in [6.07, 6.45) is 23.0. The number of hydrogen-bond donors (Lipinski definition) is 0. The normalized spacial score (nSPS) is 34.3. The largest absolute Gasteiger partial charge is 0.198 e. The van der Waals surface area contributed by atoms with Gasteiger partial charge in [-0.2, -0.15) is 5.26 Å². The Balaban J connectivity index is 1.73. The molecule has 0 spiro atoms. The second kappa shape index (κ2) is 10.3. The van der Waals surface area contributed by atoms with Crippen molar-refractivity contribution in [2.24, 2.45) is 23.2 Å². The van der Waals surface area contributed by atoms with Crippen LogP contribution < -0.4 is 0 Å². The van der Waals surface area contributed by atoms with Crippen molar-refractivity contribution in [1.29, 1.82) is 5.26 Å². The van der Waals surface area contributed by atoms with Crippen molar-refractivity contribution >= 4 is 0 Å². The van der Waals surface area contributed by atoms with E-state index in [0.29, 0.717) is 0 Å². The molecule has 0 aliphatic heterocycles. The van der Waals surface area contributed by atoms with Crippen molar-refractivity contribution < 1.29 is 0 Å². The Labute approximate surface area is 150 Å². The van der Waals surface area contributed by atoms with E-state index in [1.54, 1.807) is 0 Å². The van der Waals surface area contributed by atoms with Crippen LogP contribution in [0.3, 0.4) is 0 Å². The van der Waals surface area contributed by atoms with Crippen molar-refractivity contribution in [2.45, 2.75) is 104 Å². The summed E-state index contributed by atoms with van der Waals surface area (Å²) < 4.78 is 0. The predicted molar refractivity (Wildman–Crippen MR) is 104 cm³/mol. The Morgan fingerprint density at radius 2 is 1.58 bits per heavy atom. The van der Waals surface area contributed by atoms with Crippen LogP contribution in [-0.2, 0) is 0 Å². The first-order chi connectivity index (χ1) is 11.7. The quantitative estimate of drug-likeness (QED) is 0.335. The molecule has 1 nitrogen and oxygen atoms in total. The Morgan fingerprint density at radius 3 is 2.17 bits per heavy atom. The van der Waals surface area contributed by atoms with Crippen LogP contribution in [0, 0.1) is 34.5 Å². The lowest BCUT2D eigenvalue weighted by atomic mass is 9.64. The Hall–Kier alpha value is -0.770. The van der Waals surface area contributed by atoms with Crippen LogP contribution in [0.25, 0.3) is 0 Å². The highest BCUT2D eigenvalue weighted by molar-refractivity contribution is 5.06. The molecule has 0 aromatic rings.